The van der Waals surface area contributed by atoms with Crippen molar-refractivity contribution < 1.29 is 28.3 Å². The maximum Gasteiger partial charge on any atom is 0.322 e. The van der Waals surface area contributed by atoms with Crippen LogP contribution in [0.1, 0.15) is 40.4 Å². The molecule has 0 spiro atoms. The standard InChI is InChI=1S/C21H22F2N6O2/c22-13-3-4-16(23)15(10-13)18-2-1-7-28(18)19-6-9-29-20(26-19)17(11-24-29)25-21(31)27-8-5-14(30)12-27/h3-4,6,9-11,14,18,30H,1-2,5,7-8,12H2,(H,25,31)/t14-,18+/m0/s1/i2D2,8D2,12D2,18D. The van der Waals surface area contributed by atoms with E-state index in [0.717, 1.165) is 18.2 Å². The molecule has 2 amide bonds. The van der Waals surface area contributed by atoms with Gasteiger partial charge in [-0.25, -0.2) is 23.1 Å². The third-order valence-corrected chi connectivity index (χ3v) is 4.88. The monoisotopic (exact) mass is 435 g/mol. The van der Waals surface area contributed by atoms with Gasteiger partial charge in [-0.1, -0.05) is 0 Å². The number of urea groups is 1. The Labute approximate surface area is 186 Å². The predicted octanol–water partition coefficient (Wildman–Crippen LogP) is 2.95. The lowest BCUT2D eigenvalue weighted by molar-refractivity contribution is 0.176. The Kier molecular flexibility index (Phi) is 3.31. The SMILES string of the molecule is [2H]C1([2H])C[C@H](O)C([2H])([2H])N1C(=O)Nc1cnn2ccc(N3CCC([2H])([2H])[C@]3([2H])c3cc(F)ccc3F)nc12. The number of likely N-dealkylation sites (tertiary alicyclic amines) is 1. The zero-order valence-electron chi connectivity index (χ0n) is 23.0. The van der Waals surface area contributed by atoms with Gasteiger partial charge in [-0.05, 0) is 43.5 Å². The van der Waals surface area contributed by atoms with Crippen molar-refractivity contribution in [2.45, 2.75) is 31.3 Å². The van der Waals surface area contributed by atoms with E-state index in [1.165, 1.54) is 27.9 Å². The van der Waals surface area contributed by atoms with Crippen molar-refractivity contribution in [2.75, 3.05) is 29.8 Å². The number of aliphatic hydroxyl groups excluding tert-OH is 1. The number of halogens is 2. The molecule has 2 aliphatic heterocycles. The highest BCUT2D eigenvalue weighted by Gasteiger charge is 2.30. The lowest BCUT2D eigenvalue weighted by Crippen LogP contribution is -2.33. The fourth-order valence-electron chi connectivity index (χ4n) is 3.46. The number of nitrogens with one attached hydrogen (secondary N) is 1. The molecule has 0 aliphatic carbocycles. The summed E-state index contributed by atoms with van der Waals surface area (Å²) in [6.45, 7) is -5.26. The molecule has 3 aromatic rings. The quantitative estimate of drug-likeness (QED) is 0.661. The number of aliphatic hydroxyl groups is 1. The number of nitrogens with zero attached hydrogens (tertiary/aromatic N) is 5. The minimum Gasteiger partial charge on any atom is -0.391 e. The number of hydrogen-bond donors (Lipinski definition) is 2. The average molecular weight is 435 g/mol. The summed E-state index contributed by atoms with van der Waals surface area (Å²) >= 11 is 0. The summed E-state index contributed by atoms with van der Waals surface area (Å²) in [4.78, 5) is 18.7. The largest absolute Gasteiger partial charge is 0.391 e. The average Bonchev–Trinajstić information content (AvgIpc) is 3.37. The Morgan fingerprint density at radius 2 is 2.23 bits per heavy atom. The molecular formula is C21H22F2N6O2. The van der Waals surface area contributed by atoms with E-state index in [1.54, 1.807) is 0 Å². The van der Waals surface area contributed by atoms with Gasteiger partial charge in [0.05, 0.1) is 22.4 Å². The molecule has 162 valence electrons. The second kappa shape index (κ2) is 7.77. The Bertz CT molecular complexity index is 1440. The van der Waals surface area contributed by atoms with Gasteiger partial charge in [-0.15, -0.1) is 0 Å². The number of carbonyl (C=O) groups excluding carboxylic acids is 1. The molecule has 8 nitrogen and oxygen atoms in total. The molecule has 2 aromatic heterocycles. The van der Waals surface area contributed by atoms with Crippen LogP contribution in [0, 0.1) is 11.6 Å². The number of anilines is 2. The first-order valence-corrected chi connectivity index (χ1v) is 9.46. The second-order valence-corrected chi connectivity index (χ2v) is 6.94. The summed E-state index contributed by atoms with van der Waals surface area (Å²) in [6.07, 6.45) is -2.32. The fraction of sp³-hybridized carbons (Fsp3) is 0.381. The number of β-amino-alcohol motifs (C(OH)–C–C–N with tert-alkyl or cyclic N) is 1. The molecular weight excluding hydrogens is 406 g/mol. The van der Waals surface area contributed by atoms with E-state index >= 15 is 0 Å². The Morgan fingerprint density at radius 3 is 3.03 bits per heavy atom. The van der Waals surface area contributed by atoms with Crippen molar-refractivity contribution >= 4 is 23.2 Å². The van der Waals surface area contributed by atoms with Crippen LogP contribution in [-0.2, 0) is 0 Å². The molecule has 4 heterocycles. The van der Waals surface area contributed by atoms with Gasteiger partial charge in [0.25, 0.3) is 0 Å². The van der Waals surface area contributed by atoms with Crippen molar-refractivity contribution in [3.8, 4) is 0 Å². The summed E-state index contributed by atoms with van der Waals surface area (Å²) in [5.41, 5.74) is -0.605. The highest BCUT2D eigenvalue weighted by atomic mass is 19.1. The first-order chi connectivity index (χ1) is 17.6. The van der Waals surface area contributed by atoms with Gasteiger partial charge in [-0.3, -0.25) is 0 Å². The zero-order chi connectivity index (χ0) is 27.8. The van der Waals surface area contributed by atoms with Crippen molar-refractivity contribution in [3.63, 3.8) is 0 Å². The number of hydrogen-bond acceptors (Lipinski definition) is 5. The fourth-order valence-corrected chi connectivity index (χ4v) is 3.46. The first-order valence-electron chi connectivity index (χ1n) is 13.0. The van der Waals surface area contributed by atoms with E-state index in [9.17, 15) is 18.7 Å². The third kappa shape index (κ3) is 3.67. The van der Waals surface area contributed by atoms with E-state index in [2.05, 4.69) is 15.4 Å². The summed E-state index contributed by atoms with van der Waals surface area (Å²) in [5.74, 6) is -1.81. The normalized spacial score (nSPS) is 31.8. The van der Waals surface area contributed by atoms with Crippen LogP contribution in [0.5, 0.6) is 0 Å². The molecule has 0 unspecified atom stereocenters. The van der Waals surface area contributed by atoms with Crippen molar-refractivity contribution in [1.82, 2.24) is 19.5 Å². The van der Waals surface area contributed by atoms with Crippen LogP contribution in [-0.4, -0.2) is 56.3 Å². The topological polar surface area (TPSA) is 86.0 Å². The molecule has 1 aromatic carbocycles. The Morgan fingerprint density at radius 1 is 1.35 bits per heavy atom. The van der Waals surface area contributed by atoms with Crippen LogP contribution in [0.15, 0.2) is 36.7 Å². The molecule has 2 N–H and O–H groups in total. The van der Waals surface area contributed by atoms with Gasteiger partial charge in [0.1, 0.15) is 23.1 Å². The molecule has 2 saturated heterocycles. The highest BCUT2D eigenvalue weighted by molar-refractivity contribution is 5.93. The summed E-state index contributed by atoms with van der Waals surface area (Å²) in [7, 11) is 0. The lowest BCUT2D eigenvalue weighted by atomic mass is 10.0. The number of fused-ring (bicyclic) bond motifs is 1. The zero-order valence-corrected chi connectivity index (χ0v) is 16.0. The third-order valence-electron chi connectivity index (χ3n) is 4.88. The van der Waals surface area contributed by atoms with Crippen molar-refractivity contribution in [3.05, 3.63) is 53.9 Å². The van der Waals surface area contributed by atoms with E-state index in [0.29, 0.717) is 0 Å². The van der Waals surface area contributed by atoms with Gasteiger partial charge in [-0.2, -0.15) is 5.10 Å². The van der Waals surface area contributed by atoms with Gasteiger partial charge in [0, 0.05) is 36.8 Å². The molecule has 2 atom stereocenters. The summed E-state index contributed by atoms with van der Waals surface area (Å²) < 4.78 is 87.7. The molecule has 0 saturated carbocycles. The minimum absolute atomic E-state index is 0.00390. The predicted molar refractivity (Wildman–Crippen MR) is 110 cm³/mol. The van der Waals surface area contributed by atoms with Crippen LogP contribution in [0.25, 0.3) is 5.65 Å². The van der Waals surface area contributed by atoms with E-state index in [-0.39, 0.29) is 35.0 Å². The smallest absolute Gasteiger partial charge is 0.322 e. The second-order valence-electron chi connectivity index (χ2n) is 6.94. The number of aromatic nitrogens is 3. The highest BCUT2D eigenvalue weighted by Crippen LogP contribution is 2.37. The maximum absolute atomic E-state index is 14.8. The maximum atomic E-state index is 14.8. The van der Waals surface area contributed by atoms with Crippen LogP contribution < -0.4 is 10.2 Å². The number of amides is 2. The van der Waals surface area contributed by atoms with Crippen LogP contribution >= 0.6 is 0 Å². The molecule has 0 radical (unpaired) electrons. The van der Waals surface area contributed by atoms with Crippen molar-refractivity contribution in [1.29, 1.82) is 0 Å². The first kappa shape index (κ1) is 13.2. The summed E-state index contributed by atoms with van der Waals surface area (Å²) in [5, 5.41) is 16.3. The van der Waals surface area contributed by atoms with Gasteiger partial charge < -0.3 is 20.2 Å². The van der Waals surface area contributed by atoms with Gasteiger partial charge in [0.2, 0.25) is 0 Å². The summed E-state index contributed by atoms with van der Waals surface area (Å²) in [6, 6.07) is 0.253. The van der Waals surface area contributed by atoms with E-state index in [4.69, 9.17) is 9.60 Å². The van der Waals surface area contributed by atoms with E-state index in [1.807, 2.05) is 0 Å². The molecule has 31 heavy (non-hydrogen) atoms. The molecule has 5 rings (SSSR count). The van der Waals surface area contributed by atoms with Crippen LogP contribution in [0.2, 0.25) is 0 Å². The van der Waals surface area contributed by atoms with Crippen LogP contribution in [0.4, 0.5) is 25.1 Å². The number of rotatable bonds is 3. The van der Waals surface area contributed by atoms with Crippen molar-refractivity contribution in [2.24, 2.45) is 0 Å². The Hall–Kier alpha value is -3.27. The number of carbonyl (C=O) groups is 1. The van der Waals surface area contributed by atoms with Crippen LogP contribution in [0.3, 0.4) is 0 Å². The molecule has 0 bridgehead atoms. The molecule has 10 heteroatoms. The van der Waals surface area contributed by atoms with Gasteiger partial charge >= 0.3 is 6.03 Å². The minimum atomic E-state index is -2.70. The lowest BCUT2D eigenvalue weighted by Gasteiger charge is -2.26. The Balaban J connectivity index is 1.53. The molecule has 2 fully saturated rings. The van der Waals surface area contributed by atoms with E-state index < -0.39 is 61.1 Å². The van der Waals surface area contributed by atoms with Gasteiger partial charge in [0.15, 0.2) is 5.65 Å². The number of benzene rings is 1. The molecule has 2 aliphatic rings.